The number of thiazole rings is 1. The Labute approximate surface area is 225 Å². The van der Waals surface area contributed by atoms with Crippen molar-refractivity contribution in [3.63, 3.8) is 0 Å². The number of amides is 1. The molecule has 1 fully saturated rings. The number of methoxy groups -OCH3 is 2. The van der Waals surface area contributed by atoms with E-state index < -0.39 is 23.5 Å². The number of Topliss-reactive ketones (excluding diaryl/α,β-unsaturated/α-hetero) is 1. The number of aryl methyl sites for hydroxylation is 1. The number of hydrogen-bond acceptors (Lipinski definition) is 8. The van der Waals surface area contributed by atoms with Gasteiger partial charge in [0, 0.05) is 17.3 Å². The molecule has 0 spiro atoms. The summed E-state index contributed by atoms with van der Waals surface area (Å²) in [6.07, 6.45) is 1.54. The topological polar surface area (TPSA) is 102 Å². The van der Waals surface area contributed by atoms with Crippen LogP contribution in [-0.2, 0) is 9.59 Å². The minimum Gasteiger partial charge on any atom is -0.507 e. The first-order valence-corrected chi connectivity index (χ1v) is 12.5. The molecule has 1 unspecified atom stereocenters. The number of aromatic nitrogens is 2. The fourth-order valence-corrected chi connectivity index (χ4v) is 5.64. The van der Waals surface area contributed by atoms with Gasteiger partial charge in [0.2, 0.25) is 0 Å². The summed E-state index contributed by atoms with van der Waals surface area (Å²) in [5, 5.41) is 12.5. The molecule has 1 N–H and O–H groups in total. The van der Waals surface area contributed by atoms with E-state index in [0.717, 1.165) is 10.3 Å². The molecule has 1 saturated heterocycles. The van der Waals surface area contributed by atoms with Crippen LogP contribution in [0.3, 0.4) is 0 Å². The van der Waals surface area contributed by atoms with Gasteiger partial charge in [0.15, 0.2) is 5.13 Å². The van der Waals surface area contributed by atoms with Crippen molar-refractivity contribution in [1.29, 1.82) is 0 Å². The van der Waals surface area contributed by atoms with E-state index in [1.54, 1.807) is 30.5 Å². The number of aliphatic hydroxyl groups excluding tert-OH is 1. The highest BCUT2D eigenvalue weighted by molar-refractivity contribution is 7.22. The second-order valence-electron chi connectivity index (χ2n) is 8.18. The molecule has 8 nitrogen and oxygen atoms in total. The van der Waals surface area contributed by atoms with Gasteiger partial charge in [-0.05, 0) is 42.8 Å². The number of ketones is 1. The highest BCUT2D eigenvalue weighted by Crippen LogP contribution is 2.46. The van der Waals surface area contributed by atoms with Crippen molar-refractivity contribution in [2.75, 3.05) is 19.1 Å². The third kappa shape index (κ3) is 4.19. The van der Waals surface area contributed by atoms with Crippen molar-refractivity contribution in [3.8, 4) is 11.5 Å². The number of hydrogen-bond donors (Lipinski definition) is 1. The molecule has 1 atom stereocenters. The van der Waals surface area contributed by atoms with E-state index in [1.165, 1.54) is 42.6 Å². The van der Waals surface area contributed by atoms with Crippen LogP contribution in [-0.4, -0.2) is 41.0 Å². The zero-order valence-corrected chi connectivity index (χ0v) is 22.1. The van der Waals surface area contributed by atoms with Crippen molar-refractivity contribution in [2.24, 2.45) is 0 Å². The van der Waals surface area contributed by atoms with Crippen LogP contribution in [0, 0.1) is 6.92 Å². The summed E-state index contributed by atoms with van der Waals surface area (Å²) in [7, 11) is 2.82. The van der Waals surface area contributed by atoms with Gasteiger partial charge in [-0.25, -0.2) is 4.98 Å². The molecule has 4 aromatic rings. The number of rotatable bonds is 5. The van der Waals surface area contributed by atoms with Crippen LogP contribution in [0.25, 0.3) is 16.0 Å². The molecule has 0 bridgehead atoms. The van der Waals surface area contributed by atoms with E-state index in [-0.39, 0.29) is 32.8 Å². The highest BCUT2D eigenvalue weighted by Gasteiger charge is 2.49. The molecule has 5 rings (SSSR count). The highest BCUT2D eigenvalue weighted by atomic mass is 35.5. The number of pyridine rings is 1. The molecule has 1 amide bonds. The second-order valence-corrected chi connectivity index (χ2v) is 10.00. The number of carbonyl (C=O) groups excluding carboxylic acids is 2. The van der Waals surface area contributed by atoms with Gasteiger partial charge in [-0.2, -0.15) is 0 Å². The molecular formula is C26H19Cl2N3O5S. The van der Waals surface area contributed by atoms with E-state index in [9.17, 15) is 14.7 Å². The zero-order chi connectivity index (χ0) is 26.4. The van der Waals surface area contributed by atoms with Crippen LogP contribution in [0.1, 0.15) is 22.9 Å². The summed E-state index contributed by atoms with van der Waals surface area (Å²) >= 11 is 13.7. The summed E-state index contributed by atoms with van der Waals surface area (Å²) < 4.78 is 11.5. The third-order valence-corrected chi connectivity index (χ3v) is 7.73. The molecular weight excluding hydrogens is 537 g/mol. The second kappa shape index (κ2) is 9.66. The average Bonchev–Trinajstić information content (AvgIpc) is 3.41. The Kier molecular flexibility index (Phi) is 6.53. The van der Waals surface area contributed by atoms with Gasteiger partial charge in [0.25, 0.3) is 5.78 Å². The summed E-state index contributed by atoms with van der Waals surface area (Å²) in [6, 6.07) is 10.6. The average molecular weight is 556 g/mol. The number of ether oxygens (including phenoxy) is 2. The molecule has 3 heterocycles. The van der Waals surface area contributed by atoms with Crippen LogP contribution in [0.2, 0.25) is 10.0 Å². The number of aliphatic hydroxyl groups is 1. The van der Waals surface area contributed by atoms with Crippen molar-refractivity contribution < 1.29 is 24.2 Å². The Morgan fingerprint density at radius 3 is 2.49 bits per heavy atom. The first-order chi connectivity index (χ1) is 17.7. The minimum absolute atomic E-state index is 0.134. The van der Waals surface area contributed by atoms with Gasteiger partial charge in [-0.3, -0.25) is 19.5 Å². The van der Waals surface area contributed by atoms with Crippen LogP contribution < -0.4 is 14.4 Å². The molecule has 11 heteroatoms. The SMILES string of the molecule is COc1cc(/C(O)=C2\C(=O)C(=O)N(c3nc4cc(Cl)c(C)cc4s3)C2c2ccccn2)c(OC)cc1Cl. The van der Waals surface area contributed by atoms with Gasteiger partial charge >= 0.3 is 5.91 Å². The monoisotopic (exact) mass is 555 g/mol. The lowest BCUT2D eigenvalue weighted by Gasteiger charge is -2.22. The van der Waals surface area contributed by atoms with Gasteiger partial charge in [-0.15, -0.1) is 0 Å². The number of carbonyl (C=O) groups is 2. The van der Waals surface area contributed by atoms with Crippen molar-refractivity contribution >= 4 is 67.3 Å². The van der Waals surface area contributed by atoms with Gasteiger partial charge < -0.3 is 14.6 Å². The van der Waals surface area contributed by atoms with Gasteiger partial charge in [0.05, 0.1) is 46.3 Å². The molecule has 0 aliphatic carbocycles. The van der Waals surface area contributed by atoms with E-state index in [1.807, 2.05) is 13.0 Å². The predicted octanol–water partition coefficient (Wildman–Crippen LogP) is 5.95. The lowest BCUT2D eigenvalue weighted by molar-refractivity contribution is -0.132. The first-order valence-electron chi connectivity index (χ1n) is 11.0. The van der Waals surface area contributed by atoms with E-state index >= 15 is 0 Å². The number of nitrogens with zero attached hydrogens (tertiary/aromatic N) is 3. The summed E-state index contributed by atoms with van der Waals surface area (Å²) in [5.41, 5.74) is 1.78. The quantitative estimate of drug-likeness (QED) is 0.184. The maximum Gasteiger partial charge on any atom is 0.301 e. The van der Waals surface area contributed by atoms with Crippen LogP contribution in [0.15, 0.2) is 54.2 Å². The van der Waals surface area contributed by atoms with E-state index in [0.29, 0.717) is 16.2 Å². The van der Waals surface area contributed by atoms with E-state index in [4.69, 9.17) is 32.7 Å². The maximum absolute atomic E-state index is 13.5. The Balaban J connectivity index is 1.76. The summed E-state index contributed by atoms with van der Waals surface area (Å²) in [4.78, 5) is 37.1. The van der Waals surface area contributed by atoms with Crippen LogP contribution in [0.4, 0.5) is 5.13 Å². The van der Waals surface area contributed by atoms with Crippen molar-refractivity contribution in [2.45, 2.75) is 13.0 Å². The Morgan fingerprint density at radius 1 is 1.05 bits per heavy atom. The summed E-state index contributed by atoms with van der Waals surface area (Å²) in [5.74, 6) is -1.75. The number of anilines is 1. The fraction of sp³-hybridized carbons (Fsp3) is 0.154. The minimum atomic E-state index is -1.05. The Morgan fingerprint density at radius 2 is 1.81 bits per heavy atom. The summed E-state index contributed by atoms with van der Waals surface area (Å²) in [6.45, 7) is 1.87. The lowest BCUT2D eigenvalue weighted by Crippen LogP contribution is -2.29. The molecule has 2 aromatic heterocycles. The number of fused-ring (bicyclic) bond motifs is 1. The Hall–Kier alpha value is -3.66. The standard InChI is InChI=1S/C26H19Cl2N3O5S/c1-12-8-20-17(10-14(12)27)30-26(37-20)31-22(16-6-4-5-7-29-16)21(24(33)25(31)34)23(32)13-9-19(36-3)15(28)11-18(13)35-2/h4-11,22,32H,1-3H3/b23-21+. The normalized spacial score (nSPS) is 17.0. The fourth-order valence-electron chi connectivity index (χ4n) is 4.18. The van der Waals surface area contributed by atoms with Crippen molar-refractivity contribution in [1.82, 2.24) is 9.97 Å². The number of benzene rings is 2. The lowest BCUT2D eigenvalue weighted by atomic mass is 9.98. The Bertz CT molecular complexity index is 1560. The molecule has 2 aromatic carbocycles. The molecule has 188 valence electrons. The molecule has 1 aliphatic rings. The molecule has 0 saturated carbocycles. The predicted molar refractivity (Wildman–Crippen MR) is 143 cm³/mol. The smallest absolute Gasteiger partial charge is 0.301 e. The van der Waals surface area contributed by atoms with Gasteiger partial charge in [-0.1, -0.05) is 40.6 Å². The molecule has 1 aliphatic heterocycles. The van der Waals surface area contributed by atoms with Crippen LogP contribution >= 0.6 is 34.5 Å². The largest absolute Gasteiger partial charge is 0.507 e. The third-order valence-electron chi connectivity index (χ3n) is 6.01. The molecule has 37 heavy (non-hydrogen) atoms. The zero-order valence-electron chi connectivity index (χ0n) is 19.8. The van der Waals surface area contributed by atoms with Gasteiger partial charge in [0.1, 0.15) is 23.3 Å². The van der Waals surface area contributed by atoms with E-state index in [2.05, 4.69) is 9.97 Å². The molecule has 0 radical (unpaired) electrons. The number of halogens is 2. The van der Waals surface area contributed by atoms with Crippen LogP contribution in [0.5, 0.6) is 11.5 Å². The first kappa shape index (κ1) is 25.0. The maximum atomic E-state index is 13.5. The van der Waals surface area contributed by atoms with Crippen molar-refractivity contribution in [3.05, 3.63) is 81.1 Å².